The van der Waals surface area contributed by atoms with E-state index in [9.17, 15) is 9.59 Å². The highest BCUT2D eigenvalue weighted by atomic mass is 16.5. The van der Waals surface area contributed by atoms with Gasteiger partial charge in [-0.15, -0.1) is 0 Å². The fraction of sp³-hybridized carbons (Fsp3) is 0.364. The molecule has 0 bridgehead atoms. The molecule has 0 N–H and O–H groups in total. The van der Waals surface area contributed by atoms with Gasteiger partial charge in [0.25, 0.3) is 0 Å². The average Bonchev–Trinajstić information content (AvgIpc) is 2.69. The summed E-state index contributed by atoms with van der Waals surface area (Å²) in [7, 11) is 1.59. The lowest BCUT2D eigenvalue weighted by Gasteiger charge is -2.26. The molecule has 4 heteroatoms. The number of aryl methyl sites for hydroxylation is 1. The van der Waals surface area contributed by atoms with Crippen molar-refractivity contribution in [2.75, 3.05) is 7.11 Å². The molecule has 1 fully saturated rings. The first-order valence-corrected chi connectivity index (χ1v) is 9.03. The number of ether oxygens (including phenoxy) is 2. The number of benzene rings is 2. The summed E-state index contributed by atoms with van der Waals surface area (Å²) in [6.07, 6.45) is 2.85. The maximum absolute atomic E-state index is 12.6. The summed E-state index contributed by atoms with van der Waals surface area (Å²) in [6, 6.07) is 14.7. The van der Waals surface area contributed by atoms with Crippen LogP contribution in [-0.4, -0.2) is 18.9 Å². The van der Waals surface area contributed by atoms with Crippen molar-refractivity contribution in [3.63, 3.8) is 0 Å². The minimum atomic E-state index is -0.212. The van der Waals surface area contributed by atoms with Crippen molar-refractivity contribution in [3.8, 4) is 11.5 Å². The van der Waals surface area contributed by atoms with Crippen molar-refractivity contribution in [3.05, 3.63) is 59.7 Å². The highest BCUT2D eigenvalue weighted by Gasteiger charge is 2.31. The van der Waals surface area contributed by atoms with E-state index < -0.39 is 0 Å². The molecule has 2 aromatic carbocycles. The largest absolute Gasteiger partial charge is 0.497 e. The topological polar surface area (TPSA) is 52.6 Å². The van der Waals surface area contributed by atoms with Crippen LogP contribution in [0.3, 0.4) is 0 Å². The Labute approximate surface area is 154 Å². The van der Waals surface area contributed by atoms with Gasteiger partial charge in [-0.25, -0.2) is 0 Å². The van der Waals surface area contributed by atoms with Gasteiger partial charge in [0.1, 0.15) is 11.5 Å². The Balaban J connectivity index is 1.53. The molecular formula is C22H24O4. The summed E-state index contributed by atoms with van der Waals surface area (Å²) in [5.41, 5.74) is 1.91. The van der Waals surface area contributed by atoms with Crippen molar-refractivity contribution < 1.29 is 19.1 Å². The summed E-state index contributed by atoms with van der Waals surface area (Å²) in [5, 5.41) is 0. The van der Waals surface area contributed by atoms with Crippen LogP contribution in [0.15, 0.2) is 48.5 Å². The standard InChI is InChI=1S/C22H24O4/c1-15-3-5-16(6-4-15)21(23)17-7-9-18(10-8-17)22(24)26-20-13-11-19(25-2)12-14-20/h3-6,11-14,17-18H,7-10H2,1-2H3. The van der Waals surface area contributed by atoms with Gasteiger partial charge >= 0.3 is 5.97 Å². The molecule has 3 rings (SSSR count). The Morgan fingerprint density at radius 2 is 1.35 bits per heavy atom. The van der Waals surface area contributed by atoms with Gasteiger partial charge in [-0.1, -0.05) is 29.8 Å². The van der Waals surface area contributed by atoms with E-state index >= 15 is 0 Å². The van der Waals surface area contributed by atoms with E-state index in [1.807, 2.05) is 31.2 Å². The third-order valence-electron chi connectivity index (χ3n) is 5.05. The predicted molar refractivity (Wildman–Crippen MR) is 99.6 cm³/mol. The molecule has 2 aromatic rings. The fourth-order valence-electron chi connectivity index (χ4n) is 3.39. The van der Waals surface area contributed by atoms with Crippen LogP contribution in [0.2, 0.25) is 0 Å². The van der Waals surface area contributed by atoms with Crippen molar-refractivity contribution >= 4 is 11.8 Å². The number of hydrogen-bond donors (Lipinski definition) is 0. The quantitative estimate of drug-likeness (QED) is 0.448. The molecule has 136 valence electrons. The Bertz CT molecular complexity index is 754. The average molecular weight is 352 g/mol. The molecule has 4 nitrogen and oxygen atoms in total. The number of ketones is 1. The number of Topliss-reactive ketones (excluding diaryl/α,β-unsaturated/α-hetero) is 1. The molecule has 0 aromatic heterocycles. The van der Waals surface area contributed by atoms with Gasteiger partial charge < -0.3 is 9.47 Å². The van der Waals surface area contributed by atoms with Crippen LogP contribution in [-0.2, 0) is 4.79 Å². The first-order chi connectivity index (χ1) is 12.6. The summed E-state index contributed by atoms with van der Waals surface area (Å²) in [6.45, 7) is 2.01. The molecule has 0 saturated heterocycles. The fourth-order valence-corrected chi connectivity index (χ4v) is 3.39. The van der Waals surface area contributed by atoms with E-state index in [1.54, 1.807) is 31.4 Å². The minimum absolute atomic E-state index is 0.00254. The lowest BCUT2D eigenvalue weighted by molar-refractivity contribution is -0.140. The SMILES string of the molecule is COc1ccc(OC(=O)C2CCC(C(=O)c3ccc(C)cc3)CC2)cc1. The summed E-state index contributed by atoms with van der Waals surface area (Å²) < 4.78 is 10.6. The van der Waals surface area contributed by atoms with Crippen LogP contribution < -0.4 is 9.47 Å². The normalized spacial score (nSPS) is 19.6. The van der Waals surface area contributed by atoms with Gasteiger partial charge in [0.05, 0.1) is 13.0 Å². The molecular weight excluding hydrogens is 328 g/mol. The molecule has 1 aliphatic carbocycles. The van der Waals surface area contributed by atoms with Crippen LogP contribution in [0.25, 0.3) is 0 Å². The summed E-state index contributed by atoms with van der Waals surface area (Å²) in [4.78, 5) is 25.0. The number of esters is 1. The molecule has 0 radical (unpaired) electrons. The monoisotopic (exact) mass is 352 g/mol. The molecule has 0 amide bonds. The number of carbonyl (C=O) groups is 2. The van der Waals surface area contributed by atoms with Crippen molar-refractivity contribution in [2.24, 2.45) is 11.8 Å². The van der Waals surface area contributed by atoms with Crippen LogP contribution in [0.1, 0.15) is 41.6 Å². The van der Waals surface area contributed by atoms with Gasteiger partial charge in [0.15, 0.2) is 5.78 Å². The zero-order chi connectivity index (χ0) is 18.5. The molecule has 0 atom stereocenters. The maximum Gasteiger partial charge on any atom is 0.314 e. The molecule has 0 heterocycles. The Morgan fingerprint density at radius 3 is 1.92 bits per heavy atom. The van der Waals surface area contributed by atoms with Crippen LogP contribution in [0, 0.1) is 18.8 Å². The second kappa shape index (κ2) is 8.17. The minimum Gasteiger partial charge on any atom is -0.497 e. The van der Waals surface area contributed by atoms with Crippen molar-refractivity contribution in [2.45, 2.75) is 32.6 Å². The lowest BCUT2D eigenvalue weighted by Crippen LogP contribution is -2.28. The number of methoxy groups -OCH3 is 1. The van der Waals surface area contributed by atoms with Crippen LogP contribution >= 0.6 is 0 Å². The molecule has 0 spiro atoms. The molecule has 0 aliphatic heterocycles. The van der Waals surface area contributed by atoms with Gasteiger partial charge in [-0.3, -0.25) is 9.59 Å². The highest BCUT2D eigenvalue weighted by molar-refractivity contribution is 5.98. The second-order valence-electron chi connectivity index (χ2n) is 6.88. The molecule has 0 unspecified atom stereocenters. The van der Waals surface area contributed by atoms with Gasteiger partial charge in [-0.05, 0) is 56.9 Å². The Hall–Kier alpha value is -2.62. The first-order valence-electron chi connectivity index (χ1n) is 9.03. The van der Waals surface area contributed by atoms with Crippen LogP contribution in [0.5, 0.6) is 11.5 Å². The van der Waals surface area contributed by atoms with E-state index in [2.05, 4.69) is 0 Å². The summed E-state index contributed by atoms with van der Waals surface area (Å²) in [5.74, 6) is 1.08. The first kappa shape index (κ1) is 18.2. The highest BCUT2D eigenvalue weighted by Crippen LogP contribution is 2.32. The zero-order valence-corrected chi connectivity index (χ0v) is 15.2. The third kappa shape index (κ3) is 4.31. The maximum atomic E-state index is 12.6. The number of hydrogen-bond acceptors (Lipinski definition) is 4. The third-order valence-corrected chi connectivity index (χ3v) is 5.05. The summed E-state index contributed by atoms with van der Waals surface area (Å²) >= 11 is 0. The Morgan fingerprint density at radius 1 is 0.808 bits per heavy atom. The predicted octanol–water partition coefficient (Wildman–Crippen LogP) is 4.60. The number of rotatable bonds is 5. The van der Waals surface area contributed by atoms with Gasteiger partial charge in [0, 0.05) is 11.5 Å². The van der Waals surface area contributed by atoms with Gasteiger partial charge in [-0.2, -0.15) is 0 Å². The van der Waals surface area contributed by atoms with E-state index in [4.69, 9.17) is 9.47 Å². The van der Waals surface area contributed by atoms with E-state index in [1.165, 1.54) is 0 Å². The Kier molecular flexibility index (Phi) is 5.71. The second-order valence-corrected chi connectivity index (χ2v) is 6.88. The van der Waals surface area contributed by atoms with E-state index in [0.29, 0.717) is 18.6 Å². The molecule has 1 aliphatic rings. The molecule has 1 saturated carbocycles. The lowest BCUT2D eigenvalue weighted by atomic mass is 9.78. The molecule has 26 heavy (non-hydrogen) atoms. The smallest absolute Gasteiger partial charge is 0.314 e. The van der Waals surface area contributed by atoms with Crippen LogP contribution in [0.4, 0.5) is 0 Å². The van der Waals surface area contributed by atoms with E-state index in [0.717, 1.165) is 29.7 Å². The van der Waals surface area contributed by atoms with Crippen molar-refractivity contribution in [1.82, 2.24) is 0 Å². The van der Waals surface area contributed by atoms with Crippen molar-refractivity contribution in [1.29, 1.82) is 0 Å². The number of carbonyl (C=O) groups excluding carboxylic acids is 2. The van der Waals surface area contributed by atoms with E-state index in [-0.39, 0.29) is 23.6 Å². The zero-order valence-electron chi connectivity index (χ0n) is 15.2. The van der Waals surface area contributed by atoms with Gasteiger partial charge in [0.2, 0.25) is 0 Å².